The van der Waals surface area contributed by atoms with Crippen LogP contribution in [0.2, 0.25) is 5.02 Å². The number of anilines is 1. The number of halogens is 2. The van der Waals surface area contributed by atoms with Crippen molar-refractivity contribution in [2.24, 2.45) is 0 Å². The van der Waals surface area contributed by atoms with Crippen molar-refractivity contribution in [3.05, 3.63) is 58.9 Å². The number of carbonyl (C=O) groups excluding carboxylic acids is 1. The summed E-state index contributed by atoms with van der Waals surface area (Å²) in [6, 6.07) is 9.46. The van der Waals surface area contributed by atoms with Crippen molar-refractivity contribution < 1.29 is 17.6 Å². The van der Waals surface area contributed by atoms with Gasteiger partial charge < -0.3 is 4.90 Å². The number of rotatable bonds is 4. The van der Waals surface area contributed by atoms with Gasteiger partial charge in [0.2, 0.25) is 0 Å². The van der Waals surface area contributed by atoms with E-state index in [1.54, 1.807) is 12.1 Å². The number of sulfonamides is 1. The number of amides is 1. The standard InChI is InChI=1S/C19H20ClFN2O3S/c20-17-13-16(9-10-18(17)21)27(25,26)22-15-7-5-14(6-8-15)19(24)23-11-3-1-2-4-12-23/h5-10,13,22H,1-4,11-12H2. The zero-order valence-corrected chi connectivity index (χ0v) is 16.2. The van der Waals surface area contributed by atoms with Gasteiger partial charge in [-0.05, 0) is 55.3 Å². The van der Waals surface area contributed by atoms with Crippen LogP contribution in [0, 0.1) is 5.82 Å². The fourth-order valence-electron chi connectivity index (χ4n) is 3.00. The summed E-state index contributed by atoms with van der Waals surface area (Å²) in [5.74, 6) is -0.733. The second-order valence-electron chi connectivity index (χ2n) is 6.47. The zero-order valence-electron chi connectivity index (χ0n) is 14.6. The Hall–Kier alpha value is -2.12. The first kappa shape index (κ1) is 19.6. The van der Waals surface area contributed by atoms with Crippen LogP contribution >= 0.6 is 11.6 Å². The molecular formula is C19H20ClFN2O3S. The van der Waals surface area contributed by atoms with E-state index in [2.05, 4.69) is 4.72 Å². The molecule has 5 nitrogen and oxygen atoms in total. The highest BCUT2D eigenvalue weighted by atomic mass is 35.5. The van der Waals surface area contributed by atoms with Crippen molar-refractivity contribution in [2.45, 2.75) is 30.6 Å². The van der Waals surface area contributed by atoms with Crippen molar-refractivity contribution in [3.63, 3.8) is 0 Å². The van der Waals surface area contributed by atoms with E-state index in [-0.39, 0.29) is 15.8 Å². The van der Waals surface area contributed by atoms with Crippen molar-refractivity contribution in [3.8, 4) is 0 Å². The Labute approximate surface area is 163 Å². The number of carbonyl (C=O) groups is 1. The quantitative estimate of drug-likeness (QED) is 0.817. The Morgan fingerprint density at radius 3 is 2.22 bits per heavy atom. The van der Waals surface area contributed by atoms with E-state index < -0.39 is 15.8 Å². The molecule has 0 aromatic heterocycles. The van der Waals surface area contributed by atoms with Gasteiger partial charge in [-0.3, -0.25) is 9.52 Å². The normalized spacial score (nSPS) is 15.3. The summed E-state index contributed by atoms with van der Waals surface area (Å²) < 4.78 is 40.4. The van der Waals surface area contributed by atoms with Gasteiger partial charge >= 0.3 is 0 Å². The molecule has 1 N–H and O–H groups in total. The van der Waals surface area contributed by atoms with Crippen LogP contribution in [0.3, 0.4) is 0 Å². The van der Waals surface area contributed by atoms with E-state index in [4.69, 9.17) is 11.6 Å². The number of hydrogen-bond donors (Lipinski definition) is 1. The molecule has 1 amide bonds. The van der Waals surface area contributed by atoms with Gasteiger partial charge in [-0.1, -0.05) is 24.4 Å². The Balaban J connectivity index is 1.73. The Morgan fingerprint density at radius 2 is 1.63 bits per heavy atom. The molecular weight excluding hydrogens is 391 g/mol. The van der Waals surface area contributed by atoms with Crippen molar-refractivity contribution in [1.29, 1.82) is 0 Å². The third-order valence-corrected chi connectivity index (χ3v) is 6.15. The smallest absolute Gasteiger partial charge is 0.261 e. The molecule has 0 saturated carbocycles. The average Bonchev–Trinajstić information content (AvgIpc) is 2.93. The van der Waals surface area contributed by atoms with Crippen LogP contribution < -0.4 is 4.72 Å². The van der Waals surface area contributed by atoms with Gasteiger partial charge in [0.25, 0.3) is 15.9 Å². The maximum atomic E-state index is 13.2. The molecule has 2 aromatic rings. The van der Waals surface area contributed by atoms with Crippen molar-refractivity contribution in [2.75, 3.05) is 17.8 Å². The van der Waals surface area contributed by atoms with Crippen LogP contribution in [0.1, 0.15) is 36.0 Å². The van der Waals surface area contributed by atoms with E-state index in [1.165, 1.54) is 12.1 Å². The summed E-state index contributed by atoms with van der Waals surface area (Å²) >= 11 is 5.65. The molecule has 0 unspecified atom stereocenters. The lowest BCUT2D eigenvalue weighted by Crippen LogP contribution is -2.31. The number of nitrogens with zero attached hydrogens (tertiary/aromatic N) is 1. The fourth-order valence-corrected chi connectivity index (χ4v) is 4.32. The summed E-state index contributed by atoms with van der Waals surface area (Å²) in [6.07, 6.45) is 4.28. The number of likely N-dealkylation sites (tertiary alicyclic amines) is 1. The van der Waals surface area contributed by atoms with E-state index in [1.807, 2.05) is 4.90 Å². The predicted octanol–water partition coefficient (Wildman–Crippen LogP) is 4.30. The average molecular weight is 411 g/mol. The molecule has 144 valence electrons. The molecule has 0 bridgehead atoms. The molecule has 27 heavy (non-hydrogen) atoms. The van der Waals surface area contributed by atoms with E-state index in [9.17, 15) is 17.6 Å². The minimum Gasteiger partial charge on any atom is -0.339 e. The third-order valence-electron chi connectivity index (χ3n) is 4.48. The number of nitrogens with one attached hydrogen (secondary N) is 1. The second-order valence-corrected chi connectivity index (χ2v) is 8.55. The summed E-state index contributed by atoms with van der Waals surface area (Å²) in [4.78, 5) is 14.3. The zero-order chi connectivity index (χ0) is 19.4. The highest BCUT2D eigenvalue weighted by Gasteiger charge is 2.19. The first-order valence-electron chi connectivity index (χ1n) is 8.74. The molecule has 1 saturated heterocycles. The van der Waals surface area contributed by atoms with E-state index in [0.29, 0.717) is 11.3 Å². The van der Waals surface area contributed by atoms with Crippen molar-refractivity contribution in [1.82, 2.24) is 4.90 Å². The molecule has 1 aliphatic rings. The first-order valence-corrected chi connectivity index (χ1v) is 10.6. The Kier molecular flexibility index (Phi) is 6.01. The van der Waals surface area contributed by atoms with Gasteiger partial charge in [-0.2, -0.15) is 0 Å². The maximum absolute atomic E-state index is 13.2. The summed E-state index contributed by atoms with van der Waals surface area (Å²) in [7, 11) is -3.91. The fraction of sp³-hybridized carbons (Fsp3) is 0.316. The molecule has 0 aliphatic carbocycles. The summed E-state index contributed by atoms with van der Waals surface area (Å²) in [6.45, 7) is 1.50. The molecule has 3 rings (SSSR count). The lowest BCUT2D eigenvalue weighted by molar-refractivity contribution is 0.0761. The Morgan fingerprint density at radius 1 is 1.00 bits per heavy atom. The number of hydrogen-bond acceptors (Lipinski definition) is 3. The van der Waals surface area contributed by atoms with Gasteiger partial charge in [-0.15, -0.1) is 0 Å². The van der Waals surface area contributed by atoms with Gasteiger partial charge in [0.15, 0.2) is 0 Å². The summed E-state index contributed by atoms with van der Waals surface area (Å²) in [5.41, 5.74) is 0.826. The maximum Gasteiger partial charge on any atom is 0.261 e. The van der Waals surface area contributed by atoms with Crippen LogP contribution in [0.4, 0.5) is 10.1 Å². The van der Waals surface area contributed by atoms with Crippen LogP contribution in [-0.2, 0) is 10.0 Å². The second kappa shape index (κ2) is 8.27. The van der Waals surface area contributed by atoms with E-state index >= 15 is 0 Å². The SMILES string of the molecule is O=C(c1ccc(NS(=O)(=O)c2ccc(F)c(Cl)c2)cc1)N1CCCCCC1. The topological polar surface area (TPSA) is 66.5 Å². The minimum atomic E-state index is -3.91. The molecule has 8 heteroatoms. The minimum absolute atomic E-state index is 0.0448. The van der Waals surface area contributed by atoms with Crippen LogP contribution in [0.25, 0.3) is 0 Å². The molecule has 1 fully saturated rings. The number of benzene rings is 2. The molecule has 0 radical (unpaired) electrons. The molecule has 1 aliphatic heterocycles. The molecule has 2 aromatic carbocycles. The van der Waals surface area contributed by atoms with Crippen LogP contribution in [0.5, 0.6) is 0 Å². The third kappa shape index (κ3) is 4.78. The van der Waals surface area contributed by atoms with Crippen LogP contribution in [0.15, 0.2) is 47.4 Å². The molecule has 0 atom stereocenters. The summed E-state index contributed by atoms with van der Waals surface area (Å²) in [5, 5.41) is -0.267. The largest absolute Gasteiger partial charge is 0.339 e. The van der Waals surface area contributed by atoms with Gasteiger partial charge in [0, 0.05) is 24.3 Å². The lowest BCUT2D eigenvalue weighted by atomic mass is 10.2. The van der Waals surface area contributed by atoms with Gasteiger partial charge in [0.05, 0.1) is 9.92 Å². The monoisotopic (exact) mass is 410 g/mol. The highest BCUT2D eigenvalue weighted by Crippen LogP contribution is 2.22. The van der Waals surface area contributed by atoms with Crippen molar-refractivity contribution >= 4 is 33.2 Å². The predicted molar refractivity (Wildman–Crippen MR) is 103 cm³/mol. The first-order chi connectivity index (χ1) is 12.9. The molecule has 0 spiro atoms. The Bertz CT molecular complexity index is 924. The molecule has 1 heterocycles. The lowest BCUT2D eigenvalue weighted by Gasteiger charge is -2.20. The van der Waals surface area contributed by atoms with E-state index in [0.717, 1.165) is 57.0 Å². The highest BCUT2D eigenvalue weighted by molar-refractivity contribution is 7.92. The van der Waals surface area contributed by atoms with Gasteiger partial charge in [-0.25, -0.2) is 12.8 Å². The van der Waals surface area contributed by atoms with Crippen LogP contribution in [-0.4, -0.2) is 32.3 Å². The van der Waals surface area contributed by atoms with Gasteiger partial charge in [0.1, 0.15) is 5.82 Å².